The monoisotopic (exact) mass is 222 g/mol. The van der Waals surface area contributed by atoms with Gasteiger partial charge in [-0.3, -0.25) is 0 Å². The Hall–Kier alpha value is -1.62. The summed E-state index contributed by atoms with van der Waals surface area (Å²) in [6.45, 7) is 2.02. The van der Waals surface area contributed by atoms with Crippen LogP contribution in [0.15, 0.2) is 17.6 Å². The highest BCUT2D eigenvalue weighted by molar-refractivity contribution is 7.13. The normalized spacial score (nSPS) is 10.3. The first-order valence-electron chi connectivity index (χ1n) is 4.40. The third kappa shape index (κ3) is 1.78. The molecule has 4 nitrogen and oxygen atoms in total. The van der Waals surface area contributed by atoms with Crippen LogP contribution in [0.3, 0.4) is 0 Å². The molecule has 0 aliphatic heterocycles. The summed E-state index contributed by atoms with van der Waals surface area (Å²) in [5, 5.41) is 2.00. The van der Waals surface area contributed by atoms with Gasteiger partial charge in [0.2, 0.25) is 5.82 Å². The number of carbonyl (C=O) groups excluding carboxylic acids is 1. The summed E-state index contributed by atoms with van der Waals surface area (Å²) in [6.07, 6.45) is 1.64. The van der Waals surface area contributed by atoms with Gasteiger partial charge in [-0.2, -0.15) is 0 Å². The number of aromatic nitrogens is 2. The van der Waals surface area contributed by atoms with E-state index in [2.05, 4.69) is 14.7 Å². The molecule has 0 aromatic carbocycles. The van der Waals surface area contributed by atoms with Crippen molar-refractivity contribution in [1.29, 1.82) is 0 Å². The van der Waals surface area contributed by atoms with E-state index in [0.29, 0.717) is 0 Å². The highest BCUT2D eigenvalue weighted by Crippen LogP contribution is 2.27. The van der Waals surface area contributed by atoms with Gasteiger partial charge in [0.15, 0.2) is 0 Å². The number of nitrogens with zero attached hydrogens (tertiary/aromatic N) is 1. The molecule has 1 N–H and O–H groups in total. The van der Waals surface area contributed by atoms with Gasteiger partial charge in [-0.05, 0) is 23.9 Å². The van der Waals surface area contributed by atoms with E-state index in [1.54, 1.807) is 17.5 Å². The second-order valence-electron chi connectivity index (χ2n) is 3.07. The van der Waals surface area contributed by atoms with E-state index in [1.165, 1.54) is 12.7 Å². The molecule has 0 fully saturated rings. The van der Waals surface area contributed by atoms with E-state index in [9.17, 15) is 4.79 Å². The second kappa shape index (κ2) is 3.86. The van der Waals surface area contributed by atoms with Crippen molar-refractivity contribution < 1.29 is 9.53 Å². The maximum absolute atomic E-state index is 11.2. The fraction of sp³-hybridized carbons (Fsp3) is 0.200. The molecule has 2 aromatic heterocycles. The van der Waals surface area contributed by atoms with Crippen molar-refractivity contribution in [3.05, 3.63) is 29.0 Å². The first-order chi connectivity index (χ1) is 7.22. The lowest BCUT2D eigenvalue weighted by molar-refractivity contribution is 0.0588. The van der Waals surface area contributed by atoms with Gasteiger partial charge < -0.3 is 9.72 Å². The number of aryl methyl sites for hydroxylation is 1. The number of imidazole rings is 1. The summed E-state index contributed by atoms with van der Waals surface area (Å²) in [6, 6.07) is 2.03. The Balaban J connectivity index is 2.36. The topological polar surface area (TPSA) is 55.0 Å². The zero-order valence-corrected chi connectivity index (χ0v) is 9.22. The molecule has 0 aliphatic rings. The van der Waals surface area contributed by atoms with Crippen LogP contribution >= 0.6 is 11.3 Å². The molecule has 0 radical (unpaired) electrons. The molecule has 2 rings (SSSR count). The van der Waals surface area contributed by atoms with Crippen molar-refractivity contribution in [1.82, 2.24) is 9.97 Å². The molecule has 0 saturated carbocycles. The van der Waals surface area contributed by atoms with Crippen molar-refractivity contribution in [2.24, 2.45) is 0 Å². The molecule has 0 spiro atoms. The van der Waals surface area contributed by atoms with E-state index < -0.39 is 5.97 Å². The highest BCUT2D eigenvalue weighted by atomic mass is 32.1. The molecule has 2 aromatic rings. The predicted octanol–water partition coefficient (Wildman–Crippen LogP) is 2.23. The number of ether oxygens (including phenoxy) is 1. The maximum atomic E-state index is 11.2. The Kier molecular flexibility index (Phi) is 2.55. The van der Waals surface area contributed by atoms with Crippen LogP contribution in [0.4, 0.5) is 0 Å². The van der Waals surface area contributed by atoms with Crippen LogP contribution in [0, 0.1) is 6.92 Å². The summed E-state index contributed by atoms with van der Waals surface area (Å²) in [4.78, 5) is 19.2. The molecule has 0 unspecified atom stereocenters. The lowest BCUT2D eigenvalue weighted by Gasteiger charge is -1.94. The van der Waals surface area contributed by atoms with Crippen LogP contribution < -0.4 is 0 Å². The van der Waals surface area contributed by atoms with E-state index in [0.717, 1.165) is 10.6 Å². The lowest BCUT2D eigenvalue weighted by atomic mass is 10.2. The Labute approximate surface area is 90.9 Å². The minimum Gasteiger partial charge on any atom is -0.463 e. The van der Waals surface area contributed by atoms with Gasteiger partial charge >= 0.3 is 5.97 Å². The molecular formula is C10H10N2O2S. The fourth-order valence-electron chi connectivity index (χ4n) is 1.29. The van der Waals surface area contributed by atoms with Crippen LogP contribution in [0.5, 0.6) is 0 Å². The molecule has 0 amide bonds. The zero-order chi connectivity index (χ0) is 10.8. The molecule has 5 heteroatoms. The van der Waals surface area contributed by atoms with Crippen LogP contribution in [0.25, 0.3) is 10.6 Å². The number of rotatable bonds is 2. The Morgan fingerprint density at radius 3 is 3.00 bits per heavy atom. The number of H-pyrrole nitrogens is 1. The quantitative estimate of drug-likeness (QED) is 0.793. The summed E-state index contributed by atoms with van der Waals surface area (Å²) in [5.41, 5.74) is 2.02. The average molecular weight is 222 g/mol. The van der Waals surface area contributed by atoms with E-state index in [-0.39, 0.29) is 5.82 Å². The third-order valence-corrected chi connectivity index (χ3v) is 3.11. The molecule has 0 atom stereocenters. The second-order valence-corrected chi connectivity index (χ2v) is 3.99. The SMILES string of the molecule is COC(=O)c1ncc(-c2sccc2C)[nH]1. The number of methoxy groups -OCH3 is 1. The van der Waals surface area contributed by atoms with Crippen molar-refractivity contribution in [3.8, 4) is 10.6 Å². The number of esters is 1. The summed E-state index contributed by atoms with van der Waals surface area (Å²) in [7, 11) is 1.33. The predicted molar refractivity (Wildman–Crippen MR) is 58.0 cm³/mol. The van der Waals surface area contributed by atoms with Crippen molar-refractivity contribution in [2.45, 2.75) is 6.92 Å². The lowest BCUT2D eigenvalue weighted by Crippen LogP contribution is -2.03. The highest BCUT2D eigenvalue weighted by Gasteiger charge is 2.12. The van der Waals surface area contributed by atoms with Gasteiger partial charge in [0.1, 0.15) is 0 Å². The molecule has 0 aliphatic carbocycles. The van der Waals surface area contributed by atoms with Gasteiger partial charge in [-0.25, -0.2) is 9.78 Å². The number of aromatic amines is 1. The van der Waals surface area contributed by atoms with Crippen LogP contribution in [0.2, 0.25) is 0 Å². The summed E-state index contributed by atoms with van der Waals surface area (Å²) >= 11 is 1.61. The minimum atomic E-state index is -0.449. The standard InChI is InChI=1S/C10H10N2O2S/c1-6-3-4-15-8(6)7-5-11-9(12-7)10(13)14-2/h3-5H,1-2H3,(H,11,12). The molecule has 78 valence electrons. The maximum Gasteiger partial charge on any atom is 0.374 e. The van der Waals surface area contributed by atoms with Crippen molar-refractivity contribution >= 4 is 17.3 Å². The molecular weight excluding hydrogens is 212 g/mol. The van der Waals surface area contributed by atoms with Crippen LogP contribution in [0.1, 0.15) is 16.2 Å². The van der Waals surface area contributed by atoms with Crippen molar-refractivity contribution in [3.63, 3.8) is 0 Å². The van der Waals surface area contributed by atoms with Crippen LogP contribution in [-0.4, -0.2) is 23.0 Å². The van der Waals surface area contributed by atoms with Gasteiger partial charge in [0.25, 0.3) is 0 Å². The Morgan fingerprint density at radius 2 is 2.40 bits per heavy atom. The number of carbonyl (C=O) groups is 1. The number of hydrogen-bond acceptors (Lipinski definition) is 4. The average Bonchev–Trinajstić information content (AvgIpc) is 2.84. The van der Waals surface area contributed by atoms with E-state index in [1.807, 2.05) is 18.4 Å². The van der Waals surface area contributed by atoms with E-state index >= 15 is 0 Å². The number of hydrogen-bond donors (Lipinski definition) is 1. The van der Waals surface area contributed by atoms with Gasteiger partial charge in [0.05, 0.1) is 23.9 Å². The van der Waals surface area contributed by atoms with Gasteiger partial charge in [0, 0.05) is 0 Å². The first-order valence-corrected chi connectivity index (χ1v) is 5.28. The molecule has 15 heavy (non-hydrogen) atoms. The Bertz CT molecular complexity index is 487. The van der Waals surface area contributed by atoms with Gasteiger partial charge in [-0.1, -0.05) is 0 Å². The zero-order valence-electron chi connectivity index (χ0n) is 8.40. The smallest absolute Gasteiger partial charge is 0.374 e. The van der Waals surface area contributed by atoms with Gasteiger partial charge in [-0.15, -0.1) is 11.3 Å². The largest absolute Gasteiger partial charge is 0.463 e. The fourth-order valence-corrected chi connectivity index (χ4v) is 2.18. The molecule has 0 saturated heterocycles. The summed E-state index contributed by atoms with van der Waals surface area (Å²) in [5.74, 6) is -0.212. The Morgan fingerprint density at radius 1 is 1.60 bits per heavy atom. The number of thiophene rings is 1. The van der Waals surface area contributed by atoms with Crippen LogP contribution in [-0.2, 0) is 4.74 Å². The van der Waals surface area contributed by atoms with E-state index in [4.69, 9.17) is 0 Å². The third-order valence-electron chi connectivity index (χ3n) is 2.06. The molecule has 2 heterocycles. The molecule has 0 bridgehead atoms. The number of nitrogens with one attached hydrogen (secondary N) is 1. The first kappa shape index (κ1) is 9.92. The summed E-state index contributed by atoms with van der Waals surface area (Å²) < 4.78 is 4.57. The van der Waals surface area contributed by atoms with Crippen molar-refractivity contribution in [2.75, 3.05) is 7.11 Å². The minimum absolute atomic E-state index is 0.236.